The fourth-order valence-corrected chi connectivity index (χ4v) is 1.59. The summed E-state index contributed by atoms with van der Waals surface area (Å²) in [5.74, 6) is -0.405. The third-order valence-corrected chi connectivity index (χ3v) is 2.33. The topological polar surface area (TPSA) is 62.7 Å². The lowest BCUT2D eigenvalue weighted by molar-refractivity contribution is 0.0696. The van der Waals surface area contributed by atoms with E-state index in [1.54, 1.807) is 18.3 Å². The highest BCUT2D eigenvalue weighted by Crippen LogP contribution is 2.17. The van der Waals surface area contributed by atoms with E-state index in [4.69, 9.17) is 9.84 Å². The van der Waals surface area contributed by atoms with Crippen molar-refractivity contribution in [1.29, 1.82) is 0 Å². The van der Waals surface area contributed by atoms with Gasteiger partial charge in [0.15, 0.2) is 0 Å². The Morgan fingerprint density at radius 1 is 1.44 bits per heavy atom. The Kier molecular flexibility index (Phi) is 4.52. The third kappa shape index (κ3) is 2.62. The molecule has 1 saturated heterocycles. The molecule has 0 radical (unpaired) electrons. The first-order valence-corrected chi connectivity index (χ1v) is 4.80. The molecule has 0 aromatic carbocycles. The van der Waals surface area contributed by atoms with Gasteiger partial charge >= 0.3 is 5.97 Å². The number of pyridine rings is 1. The minimum atomic E-state index is -0.940. The highest BCUT2D eigenvalue weighted by molar-refractivity contribution is 5.93. The molecule has 0 spiro atoms. The van der Waals surface area contributed by atoms with E-state index in [-0.39, 0.29) is 18.0 Å². The molecule has 2 heterocycles. The van der Waals surface area contributed by atoms with E-state index >= 15 is 0 Å². The second kappa shape index (κ2) is 5.67. The third-order valence-electron chi connectivity index (χ3n) is 2.33. The number of ether oxygens (including phenoxy) is 1. The van der Waals surface area contributed by atoms with Gasteiger partial charge in [0.25, 0.3) is 0 Å². The number of halogens is 1. The molecule has 1 aliphatic heterocycles. The van der Waals surface area contributed by atoms with Crippen molar-refractivity contribution >= 4 is 24.2 Å². The fourth-order valence-electron chi connectivity index (χ4n) is 1.59. The number of hydrogen-bond acceptors (Lipinski definition) is 4. The largest absolute Gasteiger partial charge is 0.478 e. The van der Waals surface area contributed by atoms with Gasteiger partial charge in [-0.3, -0.25) is 0 Å². The van der Waals surface area contributed by atoms with Crippen LogP contribution in [0.1, 0.15) is 10.4 Å². The summed E-state index contributed by atoms with van der Waals surface area (Å²) in [7, 11) is 0. The van der Waals surface area contributed by atoms with Crippen LogP contribution in [-0.2, 0) is 4.74 Å². The zero-order chi connectivity index (χ0) is 10.7. The zero-order valence-electron chi connectivity index (χ0n) is 8.63. The second-order valence-corrected chi connectivity index (χ2v) is 3.28. The van der Waals surface area contributed by atoms with Crippen LogP contribution in [0, 0.1) is 0 Å². The maximum atomic E-state index is 11.0. The molecule has 88 valence electrons. The molecule has 16 heavy (non-hydrogen) atoms. The van der Waals surface area contributed by atoms with Gasteiger partial charge in [-0.25, -0.2) is 9.78 Å². The van der Waals surface area contributed by atoms with Crippen molar-refractivity contribution in [2.24, 2.45) is 0 Å². The van der Waals surface area contributed by atoms with Crippen LogP contribution in [-0.4, -0.2) is 42.4 Å². The molecule has 2 rings (SSSR count). The van der Waals surface area contributed by atoms with E-state index in [2.05, 4.69) is 4.98 Å². The Morgan fingerprint density at radius 3 is 2.75 bits per heavy atom. The van der Waals surface area contributed by atoms with Crippen molar-refractivity contribution in [3.8, 4) is 0 Å². The minimum Gasteiger partial charge on any atom is -0.478 e. The van der Waals surface area contributed by atoms with Gasteiger partial charge in [-0.1, -0.05) is 0 Å². The number of nitrogens with zero attached hydrogens (tertiary/aromatic N) is 2. The SMILES string of the molecule is Cl.O=C(O)c1cccnc1N1CCOCC1. The summed E-state index contributed by atoms with van der Waals surface area (Å²) in [6.07, 6.45) is 1.61. The lowest BCUT2D eigenvalue weighted by Crippen LogP contribution is -2.37. The van der Waals surface area contributed by atoms with Gasteiger partial charge in [0.2, 0.25) is 0 Å². The maximum absolute atomic E-state index is 11.0. The summed E-state index contributed by atoms with van der Waals surface area (Å²) in [4.78, 5) is 17.0. The van der Waals surface area contributed by atoms with E-state index in [9.17, 15) is 4.79 Å². The summed E-state index contributed by atoms with van der Waals surface area (Å²) in [5.41, 5.74) is 0.249. The van der Waals surface area contributed by atoms with E-state index in [1.165, 1.54) is 0 Å². The summed E-state index contributed by atoms with van der Waals surface area (Å²) >= 11 is 0. The van der Waals surface area contributed by atoms with Crippen LogP contribution >= 0.6 is 12.4 Å². The van der Waals surface area contributed by atoms with Gasteiger partial charge in [0.1, 0.15) is 11.4 Å². The molecular formula is C10H13ClN2O3. The van der Waals surface area contributed by atoms with Gasteiger partial charge in [0.05, 0.1) is 13.2 Å². The van der Waals surface area contributed by atoms with Crippen LogP contribution in [0.2, 0.25) is 0 Å². The van der Waals surface area contributed by atoms with Gasteiger partial charge in [-0.2, -0.15) is 0 Å². The number of hydrogen-bond donors (Lipinski definition) is 1. The summed E-state index contributed by atoms with van der Waals surface area (Å²) < 4.78 is 5.20. The van der Waals surface area contributed by atoms with Crippen LogP contribution in [0.3, 0.4) is 0 Å². The number of morpholine rings is 1. The number of carboxylic acids is 1. The van der Waals surface area contributed by atoms with Crippen molar-refractivity contribution in [2.75, 3.05) is 31.2 Å². The van der Waals surface area contributed by atoms with Gasteiger partial charge < -0.3 is 14.7 Å². The zero-order valence-corrected chi connectivity index (χ0v) is 9.44. The molecule has 1 aromatic rings. The van der Waals surface area contributed by atoms with Crippen molar-refractivity contribution in [3.63, 3.8) is 0 Å². The van der Waals surface area contributed by atoms with Crippen molar-refractivity contribution < 1.29 is 14.6 Å². The van der Waals surface area contributed by atoms with Crippen molar-refractivity contribution in [2.45, 2.75) is 0 Å². The second-order valence-electron chi connectivity index (χ2n) is 3.28. The van der Waals surface area contributed by atoms with Crippen LogP contribution in [0.15, 0.2) is 18.3 Å². The average Bonchev–Trinajstić information content (AvgIpc) is 2.30. The molecular weight excluding hydrogens is 232 g/mol. The molecule has 0 unspecified atom stereocenters. The molecule has 0 saturated carbocycles. The standard InChI is InChI=1S/C10H12N2O3.ClH/c13-10(14)8-2-1-3-11-9(8)12-4-6-15-7-5-12;/h1-3H,4-7H2,(H,13,14);1H. The number of carboxylic acid groups (broad SMARTS) is 1. The molecule has 6 heteroatoms. The summed E-state index contributed by atoms with van der Waals surface area (Å²) in [5, 5.41) is 9.00. The predicted octanol–water partition coefficient (Wildman–Crippen LogP) is 1.04. The highest BCUT2D eigenvalue weighted by Gasteiger charge is 2.18. The van der Waals surface area contributed by atoms with Crippen LogP contribution < -0.4 is 4.90 Å². The molecule has 5 nitrogen and oxygen atoms in total. The van der Waals surface area contributed by atoms with Crippen LogP contribution in [0.5, 0.6) is 0 Å². The fraction of sp³-hybridized carbons (Fsp3) is 0.400. The lowest BCUT2D eigenvalue weighted by Gasteiger charge is -2.28. The molecule has 0 atom stereocenters. The first kappa shape index (κ1) is 12.7. The van der Waals surface area contributed by atoms with E-state index in [0.29, 0.717) is 32.1 Å². The summed E-state index contributed by atoms with van der Waals surface area (Å²) in [6.45, 7) is 2.62. The monoisotopic (exact) mass is 244 g/mol. The van der Waals surface area contributed by atoms with E-state index < -0.39 is 5.97 Å². The Balaban J connectivity index is 0.00000128. The number of aromatic nitrogens is 1. The van der Waals surface area contributed by atoms with Crippen LogP contribution in [0.4, 0.5) is 5.82 Å². The van der Waals surface area contributed by atoms with Crippen LogP contribution in [0.25, 0.3) is 0 Å². The lowest BCUT2D eigenvalue weighted by atomic mass is 10.2. The van der Waals surface area contributed by atoms with E-state index in [1.807, 2.05) is 4.90 Å². The minimum absolute atomic E-state index is 0. The molecule has 0 amide bonds. The molecule has 0 aliphatic carbocycles. The first-order chi connectivity index (χ1) is 7.29. The smallest absolute Gasteiger partial charge is 0.339 e. The number of aromatic carboxylic acids is 1. The number of anilines is 1. The molecule has 0 bridgehead atoms. The number of carbonyl (C=O) groups is 1. The Morgan fingerprint density at radius 2 is 2.12 bits per heavy atom. The normalized spacial score (nSPS) is 15.4. The Labute approximate surface area is 99.5 Å². The summed E-state index contributed by atoms with van der Waals surface area (Å²) in [6, 6.07) is 3.20. The predicted molar refractivity (Wildman–Crippen MR) is 61.5 cm³/mol. The Bertz CT molecular complexity index is 367. The quantitative estimate of drug-likeness (QED) is 0.842. The van der Waals surface area contributed by atoms with E-state index in [0.717, 1.165) is 0 Å². The van der Waals surface area contributed by atoms with Crippen molar-refractivity contribution in [3.05, 3.63) is 23.9 Å². The number of rotatable bonds is 2. The van der Waals surface area contributed by atoms with Gasteiger partial charge in [0, 0.05) is 19.3 Å². The van der Waals surface area contributed by atoms with Gasteiger partial charge in [-0.05, 0) is 12.1 Å². The Hall–Kier alpha value is -1.33. The van der Waals surface area contributed by atoms with Crippen molar-refractivity contribution in [1.82, 2.24) is 4.98 Å². The maximum Gasteiger partial charge on any atom is 0.339 e. The highest BCUT2D eigenvalue weighted by atomic mass is 35.5. The molecule has 1 aliphatic rings. The molecule has 1 fully saturated rings. The molecule has 1 N–H and O–H groups in total. The average molecular weight is 245 g/mol. The first-order valence-electron chi connectivity index (χ1n) is 4.80. The molecule has 1 aromatic heterocycles. The van der Waals surface area contributed by atoms with Gasteiger partial charge in [-0.15, -0.1) is 12.4 Å².